The summed E-state index contributed by atoms with van der Waals surface area (Å²) in [5, 5.41) is 12.3. The number of Topliss-reactive ketones (excluding diaryl/α,β-unsaturated/α-hetero) is 1. The SMILES string of the molecule is CC(=O)ON=C(C)C(=O)c1cccc(Sc2ccc(OCCO)cc2)c1S. The van der Waals surface area contributed by atoms with Gasteiger partial charge in [0.15, 0.2) is 0 Å². The largest absolute Gasteiger partial charge is 0.491 e. The van der Waals surface area contributed by atoms with Crippen LogP contribution >= 0.6 is 24.4 Å². The number of hydrogen-bond donors (Lipinski definition) is 2. The van der Waals surface area contributed by atoms with Gasteiger partial charge in [-0.05, 0) is 43.3 Å². The first kappa shape index (κ1) is 21.0. The van der Waals surface area contributed by atoms with E-state index < -0.39 is 5.97 Å². The maximum Gasteiger partial charge on any atom is 0.331 e. The summed E-state index contributed by atoms with van der Waals surface area (Å²) in [5.41, 5.74) is 0.438. The summed E-state index contributed by atoms with van der Waals surface area (Å²) in [4.78, 5) is 30.1. The Morgan fingerprint density at radius 1 is 1.15 bits per heavy atom. The Morgan fingerprint density at radius 3 is 2.48 bits per heavy atom. The van der Waals surface area contributed by atoms with Crippen LogP contribution in [-0.2, 0) is 9.63 Å². The molecule has 0 atom stereocenters. The Morgan fingerprint density at radius 2 is 1.85 bits per heavy atom. The molecule has 2 aromatic carbocycles. The smallest absolute Gasteiger partial charge is 0.331 e. The van der Waals surface area contributed by atoms with E-state index in [1.165, 1.54) is 25.6 Å². The van der Waals surface area contributed by atoms with E-state index in [0.29, 0.717) is 16.2 Å². The van der Waals surface area contributed by atoms with Gasteiger partial charge in [-0.15, -0.1) is 12.6 Å². The maximum atomic E-state index is 12.5. The minimum absolute atomic E-state index is 0.0412. The number of aliphatic hydroxyl groups is 1. The lowest BCUT2D eigenvalue weighted by atomic mass is 10.1. The molecule has 0 aliphatic heterocycles. The van der Waals surface area contributed by atoms with Crippen LogP contribution in [0.2, 0.25) is 0 Å². The topological polar surface area (TPSA) is 85.2 Å². The highest BCUT2D eigenvalue weighted by atomic mass is 32.2. The Balaban J connectivity index is 2.17. The number of ether oxygens (including phenoxy) is 1. The first-order valence-electron chi connectivity index (χ1n) is 8.02. The van der Waals surface area contributed by atoms with Crippen LogP contribution in [0, 0.1) is 0 Å². The molecular formula is C19H19NO5S2. The maximum absolute atomic E-state index is 12.5. The van der Waals surface area contributed by atoms with Gasteiger partial charge in [0.1, 0.15) is 18.1 Å². The minimum Gasteiger partial charge on any atom is -0.491 e. The average molecular weight is 405 g/mol. The second-order valence-corrected chi connectivity index (χ2v) is 6.95. The molecule has 0 heterocycles. The number of carbonyl (C=O) groups excluding carboxylic acids is 2. The highest BCUT2D eigenvalue weighted by molar-refractivity contribution is 7.99. The number of ketones is 1. The van der Waals surface area contributed by atoms with E-state index in [1.54, 1.807) is 24.3 Å². The molecule has 0 amide bonds. The number of nitrogens with zero attached hydrogens (tertiary/aromatic N) is 1. The van der Waals surface area contributed by atoms with Crippen molar-refractivity contribution in [2.45, 2.75) is 28.5 Å². The fraction of sp³-hybridized carbons (Fsp3) is 0.211. The fourth-order valence-electron chi connectivity index (χ4n) is 2.05. The third-order valence-electron chi connectivity index (χ3n) is 3.29. The number of carbonyl (C=O) groups is 2. The monoisotopic (exact) mass is 405 g/mol. The predicted molar refractivity (Wildman–Crippen MR) is 106 cm³/mol. The summed E-state index contributed by atoms with van der Waals surface area (Å²) in [6.07, 6.45) is 0. The standard InChI is InChI=1S/C19H19NO5S2/c1-12(20-25-13(2)22)18(23)16-4-3-5-17(19(16)26)27-15-8-6-14(7-9-15)24-11-10-21/h3-9,21,26H,10-11H2,1-2H3. The van der Waals surface area contributed by atoms with Gasteiger partial charge in [0.2, 0.25) is 5.78 Å². The Bertz CT molecular complexity index is 850. The molecule has 0 saturated carbocycles. The number of oxime groups is 1. The first-order valence-corrected chi connectivity index (χ1v) is 9.29. The van der Waals surface area contributed by atoms with E-state index in [9.17, 15) is 9.59 Å². The number of hydrogen-bond acceptors (Lipinski definition) is 8. The number of aliphatic hydroxyl groups excluding tert-OH is 1. The third kappa shape index (κ3) is 6.13. The number of rotatable bonds is 8. The van der Waals surface area contributed by atoms with Gasteiger partial charge in [-0.1, -0.05) is 23.0 Å². The van der Waals surface area contributed by atoms with Crippen LogP contribution in [0.5, 0.6) is 5.75 Å². The number of thiol groups is 1. The molecule has 0 unspecified atom stereocenters. The van der Waals surface area contributed by atoms with Gasteiger partial charge in [0.05, 0.1) is 6.61 Å². The van der Waals surface area contributed by atoms with Crippen molar-refractivity contribution < 1.29 is 24.3 Å². The van der Waals surface area contributed by atoms with Crippen molar-refractivity contribution >= 4 is 41.9 Å². The van der Waals surface area contributed by atoms with Gasteiger partial charge in [-0.25, -0.2) is 4.79 Å². The highest BCUT2D eigenvalue weighted by Gasteiger charge is 2.16. The van der Waals surface area contributed by atoms with Crippen LogP contribution in [0.3, 0.4) is 0 Å². The van der Waals surface area contributed by atoms with E-state index in [0.717, 1.165) is 9.79 Å². The quantitative estimate of drug-likeness (QED) is 0.229. The van der Waals surface area contributed by atoms with E-state index in [4.69, 9.17) is 9.84 Å². The number of benzene rings is 2. The van der Waals surface area contributed by atoms with Crippen LogP contribution in [0.25, 0.3) is 0 Å². The Kier molecular flexibility index (Phi) is 7.90. The summed E-state index contributed by atoms with van der Waals surface area (Å²) in [5.74, 6) is -0.291. The summed E-state index contributed by atoms with van der Waals surface area (Å²) < 4.78 is 5.33. The van der Waals surface area contributed by atoms with E-state index >= 15 is 0 Å². The van der Waals surface area contributed by atoms with E-state index in [-0.39, 0.29) is 24.7 Å². The van der Waals surface area contributed by atoms with Crippen molar-refractivity contribution in [3.63, 3.8) is 0 Å². The summed E-state index contributed by atoms with van der Waals surface area (Å²) >= 11 is 5.94. The lowest BCUT2D eigenvalue weighted by Crippen LogP contribution is -2.13. The molecule has 27 heavy (non-hydrogen) atoms. The molecule has 8 heteroatoms. The normalized spacial score (nSPS) is 11.2. The molecular weight excluding hydrogens is 386 g/mol. The van der Waals surface area contributed by atoms with E-state index in [2.05, 4.69) is 22.6 Å². The second kappa shape index (κ2) is 10.1. The van der Waals surface area contributed by atoms with Crippen molar-refractivity contribution in [2.75, 3.05) is 13.2 Å². The molecule has 0 aliphatic carbocycles. The zero-order valence-electron chi connectivity index (χ0n) is 14.8. The van der Waals surface area contributed by atoms with Crippen molar-refractivity contribution in [1.82, 2.24) is 0 Å². The molecule has 0 fully saturated rings. The third-order valence-corrected chi connectivity index (χ3v) is 5.00. The van der Waals surface area contributed by atoms with Crippen molar-refractivity contribution in [1.29, 1.82) is 0 Å². The minimum atomic E-state index is -0.594. The van der Waals surface area contributed by atoms with Crippen molar-refractivity contribution in [3.8, 4) is 5.75 Å². The molecule has 2 rings (SSSR count). The molecule has 142 valence electrons. The van der Waals surface area contributed by atoms with Crippen LogP contribution in [-0.4, -0.2) is 35.8 Å². The summed E-state index contributed by atoms with van der Waals surface area (Å²) in [6, 6.07) is 12.6. The second-order valence-electron chi connectivity index (χ2n) is 5.39. The van der Waals surface area contributed by atoms with Gasteiger partial charge < -0.3 is 14.7 Å². The average Bonchev–Trinajstić information content (AvgIpc) is 2.66. The molecule has 0 bridgehead atoms. The lowest BCUT2D eigenvalue weighted by Gasteiger charge is -2.10. The van der Waals surface area contributed by atoms with Gasteiger partial charge >= 0.3 is 5.97 Å². The zero-order valence-corrected chi connectivity index (χ0v) is 16.5. The van der Waals surface area contributed by atoms with Gasteiger partial charge in [0, 0.05) is 27.2 Å². The van der Waals surface area contributed by atoms with Crippen LogP contribution < -0.4 is 4.74 Å². The zero-order chi connectivity index (χ0) is 19.8. The molecule has 1 N–H and O–H groups in total. The van der Waals surface area contributed by atoms with Crippen molar-refractivity contribution in [2.24, 2.45) is 5.16 Å². The van der Waals surface area contributed by atoms with Crippen molar-refractivity contribution in [3.05, 3.63) is 48.0 Å². The lowest BCUT2D eigenvalue weighted by molar-refractivity contribution is -0.140. The fourth-order valence-corrected chi connectivity index (χ4v) is 3.32. The molecule has 2 aromatic rings. The molecule has 0 radical (unpaired) electrons. The molecule has 0 spiro atoms. The van der Waals surface area contributed by atoms with Gasteiger partial charge in [-0.3, -0.25) is 4.79 Å². The molecule has 0 saturated heterocycles. The van der Waals surface area contributed by atoms with Crippen LogP contribution in [0.4, 0.5) is 0 Å². The summed E-state index contributed by atoms with van der Waals surface area (Å²) in [6.45, 7) is 2.89. The van der Waals surface area contributed by atoms with Gasteiger partial charge in [0.25, 0.3) is 0 Å². The molecule has 0 aromatic heterocycles. The Hall–Kier alpha value is -2.29. The highest BCUT2D eigenvalue weighted by Crippen LogP contribution is 2.35. The first-order chi connectivity index (χ1) is 12.9. The Labute approximate surface area is 167 Å². The summed E-state index contributed by atoms with van der Waals surface area (Å²) in [7, 11) is 0. The van der Waals surface area contributed by atoms with Crippen LogP contribution in [0.15, 0.2) is 62.3 Å². The van der Waals surface area contributed by atoms with Crippen LogP contribution in [0.1, 0.15) is 24.2 Å². The molecule has 6 nitrogen and oxygen atoms in total. The molecule has 0 aliphatic rings. The van der Waals surface area contributed by atoms with Gasteiger partial charge in [-0.2, -0.15) is 0 Å². The predicted octanol–water partition coefficient (Wildman–Crippen LogP) is 3.62. The van der Waals surface area contributed by atoms with E-state index in [1.807, 2.05) is 18.2 Å².